The molecule has 0 aliphatic heterocycles. The number of rotatable bonds is 3. The third kappa shape index (κ3) is 3.46. The van der Waals surface area contributed by atoms with Gasteiger partial charge in [0, 0.05) is 22.5 Å². The number of fused-ring (bicyclic) bond motifs is 4. The summed E-state index contributed by atoms with van der Waals surface area (Å²) >= 11 is 0. The summed E-state index contributed by atoms with van der Waals surface area (Å²) in [6, 6.07) is 39.7. The summed E-state index contributed by atoms with van der Waals surface area (Å²) in [5.74, 6) is 0. The molecule has 3 heteroatoms. The van der Waals surface area contributed by atoms with Gasteiger partial charge >= 0.3 is 0 Å². The molecule has 0 bridgehead atoms. The number of benzene rings is 4. The lowest BCUT2D eigenvalue weighted by molar-refractivity contribution is 0.669. The maximum absolute atomic E-state index is 6.18. The van der Waals surface area contributed by atoms with E-state index < -0.39 is 0 Å². The molecule has 0 saturated carbocycles. The zero-order chi connectivity index (χ0) is 23.2. The van der Waals surface area contributed by atoms with E-state index in [1.165, 1.54) is 10.8 Å². The van der Waals surface area contributed by atoms with Crippen LogP contribution in [0.1, 0.15) is 0 Å². The van der Waals surface area contributed by atoms with Crippen LogP contribution in [-0.4, -0.2) is 9.97 Å². The number of hydrogen-bond acceptors (Lipinski definition) is 3. The van der Waals surface area contributed by atoms with Crippen LogP contribution in [0.3, 0.4) is 0 Å². The van der Waals surface area contributed by atoms with Crippen molar-refractivity contribution in [3.63, 3.8) is 0 Å². The van der Waals surface area contributed by atoms with Gasteiger partial charge in [-0.3, -0.25) is 4.98 Å². The third-order valence-electron chi connectivity index (χ3n) is 6.51. The average molecular weight is 449 g/mol. The number of pyridine rings is 2. The molecule has 0 saturated heterocycles. The fraction of sp³-hybridized carbons (Fsp3) is 0. The first-order valence-electron chi connectivity index (χ1n) is 11.7. The summed E-state index contributed by atoms with van der Waals surface area (Å²) < 4.78 is 6.18. The minimum Gasteiger partial charge on any atom is -0.456 e. The molecule has 0 spiro atoms. The van der Waals surface area contributed by atoms with Gasteiger partial charge in [-0.15, -0.1) is 0 Å². The van der Waals surface area contributed by atoms with Crippen molar-refractivity contribution in [1.29, 1.82) is 0 Å². The van der Waals surface area contributed by atoms with Crippen LogP contribution in [0.25, 0.3) is 66.5 Å². The van der Waals surface area contributed by atoms with E-state index >= 15 is 0 Å². The maximum Gasteiger partial charge on any atom is 0.136 e. The summed E-state index contributed by atoms with van der Waals surface area (Å²) in [6.45, 7) is 0. The van der Waals surface area contributed by atoms with Crippen molar-refractivity contribution in [3.05, 3.63) is 121 Å². The first kappa shape index (κ1) is 19.7. The second-order valence-corrected chi connectivity index (χ2v) is 8.71. The fourth-order valence-electron chi connectivity index (χ4n) is 4.75. The van der Waals surface area contributed by atoms with Crippen molar-refractivity contribution in [3.8, 4) is 33.8 Å². The van der Waals surface area contributed by atoms with Crippen LogP contribution in [-0.2, 0) is 0 Å². The van der Waals surface area contributed by atoms with Crippen molar-refractivity contribution in [2.24, 2.45) is 0 Å². The SMILES string of the molecule is c1ccc(-c2cccc(-c3cccc(-c4ccc5oc6cc7ccccc7cc6c5c4)c3)n2)nc1. The van der Waals surface area contributed by atoms with E-state index in [2.05, 4.69) is 83.8 Å². The molecular formula is C32H20N2O. The largest absolute Gasteiger partial charge is 0.456 e. The number of hydrogen-bond donors (Lipinski definition) is 0. The molecule has 0 fully saturated rings. The van der Waals surface area contributed by atoms with Crippen LogP contribution >= 0.6 is 0 Å². The Hall–Kier alpha value is -4.76. The first-order valence-corrected chi connectivity index (χ1v) is 11.7. The molecule has 0 radical (unpaired) electrons. The molecule has 7 rings (SSSR count). The van der Waals surface area contributed by atoms with Crippen LogP contribution in [0.15, 0.2) is 126 Å². The quantitative estimate of drug-likeness (QED) is 0.272. The summed E-state index contributed by atoms with van der Waals surface area (Å²) in [7, 11) is 0. The molecule has 0 atom stereocenters. The van der Waals surface area contributed by atoms with Gasteiger partial charge < -0.3 is 4.42 Å². The van der Waals surface area contributed by atoms with E-state index in [0.29, 0.717) is 0 Å². The van der Waals surface area contributed by atoms with E-state index in [-0.39, 0.29) is 0 Å². The predicted octanol–water partition coefficient (Wildman–Crippen LogP) is 8.53. The van der Waals surface area contributed by atoms with E-state index in [1.54, 1.807) is 6.20 Å². The van der Waals surface area contributed by atoms with Gasteiger partial charge in [-0.2, -0.15) is 0 Å². The Morgan fingerprint density at radius 1 is 0.457 bits per heavy atom. The Morgan fingerprint density at radius 2 is 1.17 bits per heavy atom. The Morgan fingerprint density at radius 3 is 2.06 bits per heavy atom. The molecule has 0 amide bonds. The topological polar surface area (TPSA) is 38.9 Å². The summed E-state index contributed by atoms with van der Waals surface area (Å²) in [5, 5.41) is 4.67. The lowest BCUT2D eigenvalue weighted by atomic mass is 9.99. The monoisotopic (exact) mass is 448 g/mol. The van der Waals surface area contributed by atoms with Crippen molar-refractivity contribution in [2.75, 3.05) is 0 Å². The molecule has 3 nitrogen and oxygen atoms in total. The van der Waals surface area contributed by atoms with Crippen molar-refractivity contribution >= 4 is 32.7 Å². The molecule has 4 aromatic carbocycles. The molecule has 0 aliphatic rings. The zero-order valence-electron chi connectivity index (χ0n) is 18.8. The van der Waals surface area contributed by atoms with Gasteiger partial charge in [0.15, 0.2) is 0 Å². The van der Waals surface area contributed by atoms with Gasteiger partial charge in [0.2, 0.25) is 0 Å². The highest BCUT2D eigenvalue weighted by molar-refractivity contribution is 6.11. The van der Waals surface area contributed by atoms with Crippen LogP contribution < -0.4 is 0 Å². The lowest BCUT2D eigenvalue weighted by Gasteiger charge is -2.08. The van der Waals surface area contributed by atoms with Gasteiger partial charge in [0.1, 0.15) is 11.2 Å². The molecule has 7 aromatic rings. The molecule has 3 aromatic heterocycles. The van der Waals surface area contributed by atoms with Crippen LogP contribution in [0.2, 0.25) is 0 Å². The molecule has 35 heavy (non-hydrogen) atoms. The van der Waals surface area contributed by atoms with E-state index in [0.717, 1.165) is 55.7 Å². The predicted molar refractivity (Wildman–Crippen MR) is 143 cm³/mol. The van der Waals surface area contributed by atoms with Gasteiger partial charge in [0.05, 0.1) is 17.1 Å². The molecule has 0 aliphatic carbocycles. The number of furan rings is 1. The van der Waals surface area contributed by atoms with Crippen molar-refractivity contribution < 1.29 is 4.42 Å². The minimum atomic E-state index is 0.868. The Kier molecular flexibility index (Phi) is 4.46. The van der Waals surface area contributed by atoms with Crippen molar-refractivity contribution in [2.45, 2.75) is 0 Å². The molecule has 3 heterocycles. The standard InChI is InChI=1S/C32H20N2O/c1-2-8-23-20-32-27(18-22(23)7-1)26-19-24(14-15-31(26)35-32)21-9-5-10-25(17-21)28-12-6-13-30(34-28)29-11-3-4-16-33-29/h1-20H. The molecule has 164 valence electrons. The third-order valence-corrected chi connectivity index (χ3v) is 6.51. The van der Waals surface area contributed by atoms with Crippen LogP contribution in [0.4, 0.5) is 0 Å². The second-order valence-electron chi connectivity index (χ2n) is 8.71. The maximum atomic E-state index is 6.18. The van der Waals surface area contributed by atoms with E-state index in [4.69, 9.17) is 9.40 Å². The normalized spacial score (nSPS) is 11.4. The smallest absolute Gasteiger partial charge is 0.136 e. The zero-order valence-corrected chi connectivity index (χ0v) is 18.8. The van der Waals surface area contributed by atoms with E-state index in [9.17, 15) is 0 Å². The van der Waals surface area contributed by atoms with Crippen LogP contribution in [0.5, 0.6) is 0 Å². The van der Waals surface area contributed by atoms with Crippen molar-refractivity contribution in [1.82, 2.24) is 9.97 Å². The minimum absolute atomic E-state index is 0.868. The molecule has 0 N–H and O–H groups in total. The van der Waals surface area contributed by atoms with Gasteiger partial charge in [-0.1, -0.05) is 60.7 Å². The number of aromatic nitrogens is 2. The fourth-order valence-corrected chi connectivity index (χ4v) is 4.75. The van der Waals surface area contributed by atoms with Gasteiger partial charge in [0.25, 0.3) is 0 Å². The van der Waals surface area contributed by atoms with Gasteiger partial charge in [-0.25, -0.2) is 4.98 Å². The second kappa shape index (κ2) is 7.93. The molecular weight excluding hydrogens is 428 g/mol. The van der Waals surface area contributed by atoms with Gasteiger partial charge in [-0.05, 0) is 76.5 Å². The highest BCUT2D eigenvalue weighted by Gasteiger charge is 2.11. The highest BCUT2D eigenvalue weighted by Crippen LogP contribution is 2.35. The summed E-state index contributed by atoms with van der Waals surface area (Å²) in [5.41, 5.74) is 7.85. The highest BCUT2D eigenvalue weighted by atomic mass is 16.3. The average Bonchev–Trinajstić information content (AvgIpc) is 3.29. The summed E-state index contributed by atoms with van der Waals surface area (Å²) in [6.07, 6.45) is 1.79. The van der Waals surface area contributed by atoms with E-state index in [1.807, 2.05) is 36.4 Å². The first-order chi connectivity index (χ1) is 17.3. The lowest BCUT2D eigenvalue weighted by Crippen LogP contribution is -1.90. The Balaban J connectivity index is 1.32. The Bertz CT molecular complexity index is 1850. The number of nitrogens with zero attached hydrogens (tertiary/aromatic N) is 2. The summed E-state index contributed by atoms with van der Waals surface area (Å²) in [4.78, 5) is 9.33. The Labute approximate surface area is 202 Å². The van der Waals surface area contributed by atoms with Crippen LogP contribution in [0, 0.1) is 0 Å². The molecule has 0 unspecified atom stereocenters.